The first-order valence-corrected chi connectivity index (χ1v) is 9.04. The Hall–Kier alpha value is -4.00. The third-order valence-electron chi connectivity index (χ3n) is 4.45. The number of carbonyl (C=O) groups is 2. The summed E-state index contributed by atoms with van der Waals surface area (Å²) in [6, 6.07) is 16.7. The van der Waals surface area contributed by atoms with Crippen LogP contribution < -0.4 is 5.56 Å². The molecule has 30 heavy (non-hydrogen) atoms. The van der Waals surface area contributed by atoms with Gasteiger partial charge in [0, 0.05) is 17.8 Å². The van der Waals surface area contributed by atoms with Crippen LogP contribution in [-0.4, -0.2) is 26.5 Å². The maximum atomic E-state index is 14.1. The summed E-state index contributed by atoms with van der Waals surface area (Å²) in [6.07, 6.45) is 2.45. The van der Waals surface area contributed by atoms with E-state index < -0.39 is 28.9 Å². The van der Waals surface area contributed by atoms with E-state index in [1.54, 1.807) is 12.3 Å². The van der Waals surface area contributed by atoms with E-state index in [2.05, 4.69) is 0 Å². The molecule has 0 saturated heterocycles. The lowest BCUT2D eigenvalue weighted by Gasteiger charge is -2.13. The molecule has 152 valence electrons. The van der Waals surface area contributed by atoms with Gasteiger partial charge in [-0.1, -0.05) is 48.5 Å². The number of aliphatic carboxylic acids is 1. The number of nitrogens with zero attached hydrogens (tertiary/aromatic N) is 1. The predicted molar refractivity (Wildman–Crippen MR) is 109 cm³/mol. The van der Waals surface area contributed by atoms with Gasteiger partial charge in [0.05, 0.1) is 12.1 Å². The van der Waals surface area contributed by atoms with E-state index in [4.69, 9.17) is 5.11 Å². The average Bonchev–Trinajstić information content (AvgIpc) is 2.72. The minimum absolute atomic E-state index is 0.0959. The summed E-state index contributed by atoms with van der Waals surface area (Å²) in [7, 11) is 0. The second-order valence-electron chi connectivity index (χ2n) is 6.65. The Bertz CT molecular complexity index is 1180. The van der Waals surface area contributed by atoms with E-state index in [-0.39, 0.29) is 17.7 Å². The molecule has 0 bridgehead atoms. The molecule has 7 heteroatoms. The number of hydrogen-bond acceptors (Lipinski definition) is 4. The Morgan fingerprint density at radius 1 is 0.967 bits per heavy atom. The molecule has 0 fully saturated rings. The van der Waals surface area contributed by atoms with Crippen molar-refractivity contribution >= 4 is 17.5 Å². The minimum atomic E-state index is -1.76. The quantitative estimate of drug-likeness (QED) is 0.356. The zero-order valence-electron chi connectivity index (χ0n) is 15.8. The summed E-state index contributed by atoms with van der Waals surface area (Å²) in [5.74, 6) is -4.36. The van der Waals surface area contributed by atoms with Crippen LogP contribution in [0.3, 0.4) is 0 Å². The van der Waals surface area contributed by atoms with Gasteiger partial charge in [0.15, 0.2) is 0 Å². The lowest BCUT2D eigenvalue weighted by atomic mass is 10.0. The molecule has 0 amide bonds. The molecule has 2 N–H and O–H groups in total. The number of hydrogen-bond donors (Lipinski definition) is 2. The van der Waals surface area contributed by atoms with Gasteiger partial charge in [0.25, 0.3) is 11.3 Å². The second kappa shape index (κ2) is 9.00. The zero-order chi connectivity index (χ0) is 21.7. The van der Waals surface area contributed by atoms with Crippen LogP contribution in [0.4, 0.5) is 4.39 Å². The first kappa shape index (κ1) is 20.7. The van der Waals surface area contributed by atoms with E-state index in [9.17, 15) is 23.9 Å². The van der Waals surface area contributed by atoms with Crippen LogP contribution in [0.25, 0.3) is 5.76 Å². The third-order valence-corrected chi connectivity index (χ3v) is 4.45. The Morgan fingerprint density at radius 2 is 1.63 bits per heavy atom. The fraction of sp³-hybridized carbons (Fsp3) is 0.0870. The van der Waals surface area contributed by atoms with E-state index in [0.717, 1.165) is 5.56 Å². The first-order chi connectivity index (χ1) is 14.3. The van der Waals surface area contributed by atoms with Crippen molar-refractivity contribution in [1.29, 1.82) is 0 Å². The maximum absolute atomic E-state index is 14.1. The molecule has 1 aromatic heterocycles. The van der Waals surface area contributed by atoms with Crippen LogP contribution >= 0.6 is 0 Å². The number of aliphatic hydroxyl groups excluding tert-OH is 1. The highest BCUT2D eigenvalue weighted by Gasteiger charge is 2.16. The lowest BCUT2D eigenvalue weighted by Crippen LogP contribution is -2.25. The van der Waals surface area contributed by atoms with E-state index in [1.807, 2.05) is 30.3 Å². The molecular weight excluding hydrogens is 389 g/mol. The minimum Gasteiger partial charge on any atom is -0.507 e. The number of pyridine rings is 1. The smallest absolute Gasteiger partial charge is 0.376 e. The SMILES string of the molecule is O=C(O)C(=O)C=C(O)c1cc(Cc2ccccc2)cn(Cc2ccccc2F)c1=O. The predicted octanol–water partition coefficient (Wildman–Crippen LogP) is 3.18. The van der Waals surface area contributed by atoms with E-state index in [0.29, 0.717) is 18.1 Å². The summed E-state index contributed by atoms with van der Waals surface area (Å²) >= 11 is 0. The van der Waals surface area contributed by atoms with Gasteiger partial charge in [-0.05, 0) is 29.7 Å². The normalized spacial score (nSPS) is 11.3. The molecule has 0 saturated carbocycles. The van der Waals surface area contributed by atoms with Crippen LogP contribution in [0, 0.1) is 5.82 Å². The number of carbonyl (C=O) groups excluding carboxylic acids is 1. The summed E-state index contributed by atoms with van der Waals surface area (Å²) in [4.78, 5) is 35.1. The van der Waals surface area contributed by atoms with Gasteiger partial charge in [0.1, 0.15) is 11.6 Å². The van der Waals surface area contributed by atoms with Crippen LogP contribution in [0.2, 0.25) is 0 Å². The fourth-order valence-electron chi connectivity index (χ4n) is 3.00. The van der Waals surface area contributed by atoms with E-state index >= 15 is 0 Å². The molecule has 3 rings (SSSR count). The maximum Gasteiger partial charge on any atom is 0.376 e. The number of aromatic nitrogens is 1. The second-order valence-corrected chi connectivity index (χ2v) is 6.65. The summed E-state index contributed by atoms with van der Waals surface area (Å²) in [6.45, 7) is -0.0959. The summed E-state index contributed by atoms with van der Waals surface area (Å²) < 4.78 is 15.3. The van der Waals surface area contributed by atoms with Gasteiger partial charge < -0.3 is 14.8 Å². The van der Waals surface area contributed by atoms with Crippen LogP contribution in [-0.2, 0) is 22.6 Å². The third kappa shape index (κ3) is 4.88. The van der Waals surface area contributed by atoms with Crippen molar-refractivity contribution in [3.05, 3.63) is 111 Å². The van der Waals surface area contributed by atoms with Crippen molar-refractivity contribution in [2.75, 3.05) is 0 Å². The van der Waals surface area contributed by atoms with Gasteiger partial charge >= 0.3 is 5.97 Å². The van der Waals surface area contributed by atoms with Crippen molar-refractivity contribution in [1.82, 2.24) is 4.57 Å². The Kier molecular flexibility index (Phi) is 6.22. The number of carboxylic acid groups (broad SMARTS) is 1. The van der Waals surface area contributed by atoms with Gasteiger partial charge in [-0.15, -0.1) is 0 Å². The van der Waals surface area contributed by atoms with Crippen LogP contribution in [0.1, 0.15) is 22.3 Å². The number of aliphatic hydroxyl groups is 1. The molecule has 2 aromatic carbocycles. The number of benzene rings is 2. The molecule has 0 aliphatic carbocycles. The van der Waals surface area contributed by atoms with Gasteiger partial charge in [0.2, 0.25) is 0 Å². The number of rotatable bonds is 7. The topological polar surface area (TPSA) is 96.6 Å². The summed E-state index contributed by atoms with van der Waals surface area (Å²) in [5, 5.41) is 19.0. The molecule has 6 nitrogen and oxygen atoms in total. The Balaban J connectivity index is 2.09. The molecule has 0 atom stereocenters. The Morgan fingerprint density at radius 3 is 2.30 bits per heavy atom. The lowest BCUT2D eigenvalue weighted by molar-refractivity contribution is -0.146. The molecule has 0 aliphatic rings. The first-order valence-electron chi connectivity index (χ1n) is 9.04. The molecule has 0 radical (unpaired) electrons. The molecule has 0 spiro atoms. The number of ketones is 1. The monoisotopic (exact) mass is 407 g/mol. The van der Waals surface area contributed by atoms with Gasteiger partial charge in [-0.25, -0.2) is 9.18 Å². The molecule has 0 unspecified atom stereocenters. The average molecular weight is 407 g/mol. The van der Waals surface area contributed by atoms with Gasteiger partial charge in [-0.2, -0.15) is 0 Å². The van der Waals surface area contributed by atoms with Crippen molar-refractivity contribution in [3.8, 4) is 0 Å². The molecule has 1 heterocycles. The fourth-order valence-corrected chi connectivity index (χ4v) is 3.00. The van der Waals surface area contributed by atoms with Gasteiger partial charge in [-0.3, -0.25) is 9.59 Å². The number of halogens is 1. The van der Waals surface area contributed by atoms with Crippen molar-refractivity contribution < 1.29 is 24.2 Å². The largest absolute Gasteiger partial charge is 0.507 e. The van der Waals surface area contributed by atoms with E-state index in [1.165, 1.54) is 28.8 Å². The molecular formula is C23H18FNO5. The van der Waals surface area contributed by atoms with Crippen molar-refractivity contribution in [3.63, 3.8) is 0 Å². The highest BCUT2D eigenvalue weighted by atomic mass is 19.1. The van der Waals surface area contributed by atoms with Crippen LogP contribution in [0.5, 0.6) is 0 Å². The highest BCUT2D eigenvalue weighted by molar-refractivity contribution is 6.38. The van der Waals surface area contributed by atoms with Crippen molar-refractivity contribution in [2.24, 2.45) is 0 Å². The van der Waals surface area contributed by atoms with Crippen molar-refractivity contribution in [2.45, 2.75) is 13.0 Å². The Labute approximate surface area is 171 Å². The molecule has 3 aromatic rings. The summed E-state index contributed by atoms with van der Waals surface area (Å²) in [5.41, 5.74) is 0.906. The molecule has 0 aliphatic heterocycles. The number of carboxylic acids is 1. The highest BCUT2D eigenvalue weighted by Crippen LogP contribution is 2.15. The van der Waals surface area contributed by atoms with Crippen LogP contribution in [0.15, 0.2) is 77.7 Å². The zero-order valence-corrected chi connectivity index (χ0v) is 15.8. The standard InChI is InChI=1S/C23H18FNO5/c24-19-9-5-4-8-17(19)14-25-13-16(10-15-6-2-1-3-7-15)11-18(22(25)28)20(26)12-21(27)23(29)30/h1-9,11-13,26H,10,14H2,(H,29,30).